The van der Waals surface area contributed by atoms with Crippen LogP contribution in [-0.4, -0.2) is 28.5 Å². The third-order valence-electron chi connectivity index (χ3n) is 5.38. The highest BCUT2D eigenvalue weighted by Crippen LogP contribution is 2.30. The van der Waals surface area contributed by atoms with E-state index in [9.17, 15) is 9.59 Å². The molecule has 0 saturated carbocycles. The molecule has 1 heterocycles. The number of esters is 1. The number of aromatic nitrogens is 1. The van der Waals surface area contributed by atoms with Crippen LogP contribution in [0.15, 0.2) is 30.5 Å². The van der Waals surface area contributed by atoms with Crippen LogP contribution in [0.5, 0.6) is 0 Å². The molecule has 5 nitrogen and oxygen atoms in total. The molecule has 1 aromatic heterocycles. The number of unbranched alkanes of at least 4 members (excludes halogenated alkanes) is 2. The number of benzene rings is 1. The normalized spacial score (nSPS) is 15.0. The van der Waals surface area contributed by atoms with Crippen molar-refractivity contribution in [3.05, 3.63) is 36.0 Å². The van der Waals surface area contributed by atoms with Crippen molar-refractivity contribution in [3.8, 4) is 0 Å². The summed E-state index contributed by atoms with van der Waals surface area (Å²) in [5.41, 5.74) is 1.60. The van der Waals surface area contributed by atoms with Crippen LogP contribution >= 0.6 is 0 Å². The Kier molecular flexibility index (Phi) is 7.88. The Labute approximate surface area is 174 Å². The number of ether oxygens (including phenoxy) is 1. The van der Waals surface area contributed by atoms with Gasteiger partial charge in [0, 0.05) is 23.0 Å². The lowest BCUT2D eigenvalue weighted by Gasteiger charge is -2.26. The average molecular weight is 401 g/mol. The molecule has 2 unspecified atom stereocenters. The molecule has 29 heavy (non-hydrogen) atoms. The van der Waals surface area contributed by atoms with E-state index in [-0.39, 0.29) is 23.7 Å². The molecule has 3 atom stereocenters. The van der Waals surface area contributed by atoms with E-state index in [0.29, 0.717) is 6.42 Å². The molecule has 0 aliphatic carbocycles. The van der Waals surface area contributed by atoms with Crippen molar-refractivity contribution >= 4 is 22.8 Å². The van der Waals surface area contributed by atoms with Gasteiger partial charge in [-0.1, -0.05) is 58.2 Å². The summed E-state index contributed by atoms with van der Waals surface area (Å²) >= 11 is 0. The number of H-pyrrole nitrogens is 1. The summed E-state index contributed by atoms with van der Waals surface area (Å²) in [6, 6.07) is 7.49. The average Bonchev–Trinajstić information content (AvgIpc) is 3.08. The fourth-order valence-electron chi connectivity index (χ4n) is 3.49. The van der Waals surface area contributed by atoms with Crippen LogP contribution in [0.2, 0.25) is 0 Å². The molecule has 0 fully saturated rings. The van der Waals surface area contributed by atoms with Crippen LogP contribution in [0.4, 0.5) is 0 Å². The van der Waals surface area contributed by atoms with Gasteiger partial charge < -0.3 is 15.0 Å². The van der Waals surface area contributed by atoms with Crippen LogP contribution in [0.3, 0.4) is 0 Å². The molecule has 1 aromatic carbocycles. The van der Waals surface area contributed by atoms with Gasteiger partial charge in [-0.25, -0.2) is 4.79 Å². The van der Waals surface area contributed by atoms with E-state index >= 15 is 0 Å². The monoisotopic (exact) mass is 400 g/mol. The lowest BCUT2D eigenvalue weighted by Crippen LogP contribution is -2.46. The Morgan fingerprint density at radius 1 is 1.14 bits per heavy atom. The van der Waals surface area contributed by atoms with Crippen molar-refractivity contribution < 1.29 is 14.3 Å². The lowest BCUT2D eigenvalue weighted by atomic mass is 9.88. The second kappa shape index (κ2) is 9.95. The van der Waals surface area contributed by atoms with Crippen LogP contribution in [0, 0.1) is 5.92 Å². The maximum atomic E-state index is 13.0. The summed E-state index contributed by atoms with van der Waals surface area (Å²) in [7, 11) is 0. The second-order valence-corrected chi connectivity index (χ2v) is 8.96. The minimum Gasteiger partial charge on any atom is -0.458 e. The van der Waals surface area contributed by atoms with Gasteiger partial charge in [-0.05, 0) is 44.7 Å². The zero-order valence-corrected chi connectivity index (χ0v) is 18.7. The van der Waals surface area contributed by atoms with Crippen molar-refractivity contribution in [2.75, 3.05) is 0 Å². The molecule has 160 valence electrons. The minimum absolute atomic E-state index is 0.0149. The Bertz CT molecular complexity index is 819. The zero-order valence-electron chi connectivity index (χ0n) is 18.7. The minimum atomic E-state index is -0.606. The Hall–Kier alpha value is -2.30. The summed E-state index contributed by atoms with van der Waals surface area (Å²) in [5, 5.41) is 4.10. The van der Waals surface area contributed by atoms with Crippen molar-refractivity contribution in [2.45, 2.75) is 84.8 Å². The number of carbonyl (C=O) groups is 2. The number of amides is 1. The van der Waals surface area contributed by atoms with E-state index < -0.39 is 11.6 Å². The molecule has 0 spiro atoms. The largest absolute Gasteiger partial charge is 0.458 e. The van der Waals surface area contributed by atoms with Crippen molar-refractivity contribution in [1.29, 1.82) is 0 Å². The topological polar surface area (TPSA) is 71.2 Å². The predicted molar refractivity (Wildman–Crippen MR) is 118 cm³/mol. The summed E-state index contributed by atoms with van der Waals surface area (Å²) in [6.45, 7) is 11.6. The Balaban J connectivity index is 2.10. The molecule has 1 amide bonds. The van der Waals surface area contributed by atoms with E-state index in [1.54, 1.807) is 0 Å². The quantitative estimate of drug-likeness (QED) is 0.442. The predicted octanol–water partition coefficient (Wildman–Crippen LogP) is 5.31. The van der Waals surface area contributed by atoms with Gasteiger partial charge in [0.2, 0.25) is 5.91 Å². The fourth-order valence-corrected chi connectivity index (χ4v) is 3.49. The molecule has 0 aliphatic rings. The Morgan fingerprint density at radius 2 is 1.83 bits per heavy atom. The van der Waals surface area contributed by atoms with Crippen molar-refractivity contribution in [3.63, 3.8) is 0 Å². The fraction of sp³-hybridized carbons (Fsp3) is 0.583. The van der Waals surface area contributed by atoms with E-state index in [1.165, 1.54) is 0 Å². The first-order valence-corrected chi connectivity index (χ1v) is 10.7. The number of hydrogen-bond acceptors (Lipinski definition) is 3. The van der Waals surface area contributed by atoms with Gasteiger partial charge in [0.1, 0.15) is 11.6 Å². The first-order valence-electron chi connectivity index (χ1n) is 10.7. The third kappa shape index (κ3) is 6.34. The number of rotatable bonds is 9. The molecule has 2 aromatic rings. The number of para-hydroxylation sites is 1. The van der Waals surface area contributed by atoms with Gasteiger partial charge >= 0.3 is 5.97 Å². The standard InChI is InChI=1S/C24H36N2O3/c1-7-8-9-14-21(23(28)29-24(4,5)6)26-22(27)17(3)16(2)19-15-25-20-13-11-10-12-18(19)20/h10-13,15-17,21,25H,7-9,14H2,1-6H3,(H,26,27)/t16-,17?,21?/m1/s1. The van der Waals surface area contributed by atoms with Gasteiger partial charge in [0.05, 0.1) is 0 Å². The molecular formula is C24H36N2O3. The van der Waals surface area contributed by atoms with Crippen LogP contribution in [-0.2, 0) is 14.3 Å². The van der Waals surface area contributed by atoms with Crippen molar-refractivity contribution in [1.82, 2.24) is 10.3 Å². The molecule has 0 saturated heterocycles. The maximum Gasteiger partial charge on any atom is 0.329 e. The molecule has 0 aliphatic heterocycles. The molecule has 0 bridgehead atoms. The number of hydrogen-bond donors (Lipinski definition) is 2. The van der Waals surface area contributed by atoms with Gasteiger partial charge in [-0.2, -0.15) is 0 Å². The highest BCUT2D eigenvalue weighted by Gasteiger charge is 2.30. The highest BCUT2D eigenvalue weighted by atomic mass is 16.6. The van der Waals surface area contributed by atoms with E-state index in [0.717, 1.165) is 35.7 Å². The van der Waals surface area contributed by atoms with Crippen LogP contribution < -0.4 is 5.32 Å². The summed E-state index contributed by atoms with van der Waals surface area (Å²) < 4.78 is 5.54. The van der Waals surface area contributed by atoms with Crippen LogP contribution in [0.1, 0.15) is 78.7 Å². The number of carbonyl (C=O) groups excluding carboxylic acids is 2. The molecule has 2 N–H and O–H groups in total. The smallest absolute Gasteiger partial charge is 0.329 e. The number of fused-ring (bicyclic) bond motifs is 1. The highest BCUT2D eigenvalue weighted by molar-refractivity contribution is 5.88. The maximum absolute atomic E-state index is 13.0. The lowest BCUT2D eigenvalue weighted by molar-refractivity contribution is -0.159. The first kappa shape index (κ1) is 23.0. The van der Waals surface area contributed by atoms with E-state index in [1.807, 2.05) is 52.1 Å². The van der Waals surface area contributed by atoms with E-state index in [2.05, 4.69) is 30.2 Å². The molecule has 5 heteroatoms. The van der Waals surface area contributed by atoms with Gasteiger partial charge in [-0.3, -0.25) is 4.79 Å². The molecular weight excluding hydrogens is 364 g/mol. The number of nitrogens with one attached hydrogen (secondary N) is 2. The van der Waals surface area contributed by atoms with Gasteiger partial charge in [0.15, 0.2) is 0 Å². The van der Waals surface area contributed by atoms with Gasteiger partial charge in [0.25, 0.3) is 0 Å². The van der Waals surface area contributed by atoms with Crippen molar-refractivity contribution in [2.24, 2.45) is 5.92 Å². The van der Waals surface area contributed by atoms with Crippen LogP contribution in [0.25, 0.3) is 10.9 Å². The second-order valence-electron chi connectivity index (χ2n) is 8.96. The zero-order chi connectivity index (χ0) is 21.6. The number of aromatic amines is 1. The van der Waals surface area contributed by atoms with E-state index in [4.69, 9.17) is 4.74 Å². The Morgan fingerprint density at radius 3 is 2.48 bits per heavy atom. The first-order chi connectivity index (χ1) is 13.6. The summed E-state index contributed by atoms with van der Waals surface area (Å²) in [5.74, 6) is -0.726. The summed E-state index contributed by atoms with van der Waals surface area (Å²) in [6.07, 6.45) is 5.54. The molecule has 0 radical (unpaired) electrons. The third-order valence-corrected chi connectivity index (χ3v) is 5.38. The SMILES string of the molecule is CCCCCC(NC(=O)C(C)[C@@H](C)c1c[nH]c2ccccc12)C(=O)OC(C)(C)C. The molecule has 2 rings (SSSR count). The summed E-state index contributed by atoms with van der Waals surface area (Å²) in [4.78, 5) is 28.9. The van der Waals surface area contributed by atoms with Gasteiger partial charge in [-0.15, -0.1) is 0 Å².